The lowest BCUT2D eigenvalue weighted by molar-refractivity contribution is -0.123. The molecule has 0 bridgehead atoms. The molecule has 1 aromatic rings. The number of nitrogens with two attached hydrogens (primary N) is 1. The average Bonchev–Trinajstić information content (AvgIpc) is 2.47. The molecule has 21 heavy (non-hydrogen) atoms. The number of hydrogen-bond acceptors (Lipinski definition) is 3. The van der Waals surface area contributed by atoms with Crippen LogP contribution in [0.5, 0.6) is 0 Å². The van der Waals surface area contributed by atoms with E-state index >= 15 is 0 Å². The van der Waals surface area contributed by atoms with Crippen LogP contribution >= 0.6 is 0 Å². The summed E-state index contributed by atoms with van der Waals surface area (Å²) in [5.74, 6) is 0.105. The van der Waals surface area contributed by atoms with Gasteiger partial charge in [-0.05, 0) is 30.9 Å². The van der Waals surface area contributed by atoms with Crippen molar-refractivity contribution >= 4 is 5.91 Å². The predicted molar refractivity (Wildman–Crippen MR) is 86.0 cm³/mol. The zero-order valence-corrected chi connectivity index (χ0v) is 13.1. The largest absolute Gasteiger partial charge is 0.353 e. The third kappa shape index (κ3) is 4.05. The SMILES string of the molecule is CCCC(C)NC(=O)CN1CCc2ccccc2C1CN. The molecule has 0 aliphatic carbocycles. The molecule has 3 N–H and O–H groups in total. The number of amides is 1. The summed E-state index contributed by atoms with van der Waals surface area (Å²) in [6, 6.07) is 8.82. The number of carbonyl (C=O) groups excluding carboxylic acids is 1. The maximum Gasteiger partial charge on any atom is 0.234 e. The Hall–Kier alpha value is -1.39. The number of fused-ring (bicyclic) bond motifs is 1. The van der Waals surface area contributed by atoms with Crippen LogP contribution in [0.1, 0.15) is 43.9 Å². The smallest absolute Gasteiger partial charge is 0.234 e. The molecule has 0 fully saturated rings. The molecule has 0 saturated heterocycles. The summed E-state index contributed by atoms with van der Waals surface area (Å²) in [5, 5.41) is 3.08. The quantitative estimate of drug-likeness (QED) is 0.840. The standard InChI is InChI=1S/C17H27N3O/c1-3-6-13(2)19-17(21)12-20-10-9-14-7-4-5-8-15(14)16(20)11-18/h4-5,7-8,13,16H,3,6,9-12,18H2,1-2H3,(H,19,21). The van der Waals surface area contributed by atoms with Crippen LogP contribution in [0.25, 0.3) is 0 Å². The Morgan fingerprint density at radius 1 is 1.48 bits per heavy atom. The van der Waals surface area contributed by atoms with Crippen molar-refractivity contribution in [2.45, 2.75) is 45.2 Å². The number of hydrogen-bond donors (Lipinski definition) is 2. The molecule has 1 aromatic carbocycles. The number of nitrogens with zero attached hydrogens (tertiary/aromatic N) is 1. The van der Waals surface area contributed by atoms with Crippen LogP contribution in [0.15, 0.2) is 24.3 Å². The Morgan fingerprint density at radius 3 is 2.95 bits per heavy atom. The van der Waals surface area contributed by atoms with Gasteiger partial charge in [-0.3, -0.25) is 9.69 Å². The Labute approximate surface area is 127 Å². The molecule has 1 heterocycles. The van der Waals surface area contributed by atoms with E-state index in [2.05, 4.69) is 42.3 Å². The molecule has 0 radical (unpaired) electrons. The van der Waals surface area contributed by atoms with E-state index in [1.165, 1.54) is 11.1 Å². The zero-order valence-electron chi connectivity index (χ0n) is 13.1. The van der Waals surface area contributed by atoms with Crippen molar-refractivity contribution in [2.24, 2.45) is 5.73 Å². The van der Waals surface area contributed by atoms with Crippen molar-refractivity contribution in [3.8, 4) is 0 Å². The van der Waals surface area contributed by atoms with Gasteiger partial charge in [0.15, 0.2) is 0 Å². The van der Waals surface area contributed by atoms with Gasteiger partial charge in [-0.2, -0.15) is 0 Å². The third-order valence-corrected chi connectivity index (χ3v) is 4.22. The minimum absolute atomic E-state index is 0.105. The molecule has 2 rings (SSSR count). The van der Waals surface area contributed by atoms with Crippen molar-refractivity contribution in [1.82, 2.24) is 10.2 Å². The van der Waals surface area contributed by atoms with Crippen LogP contribution in [0.4, 0.5) is 0 Å². The fourth-order valence-electron chi connectivity index (χ4n) is 3.18. The Kier molecular flexibility index (Phi) is 5.76. The first-order valence-electron chi connectivity index (χ1n) is 7.97. The molecule has 116 valence electrons. The lowest BCUT2D eigenvalue weighted by Gasteiger charge is -2.36. The highest BCUT2D eigenvalue weighted by Crippen LogP contribution is 2.28. The second-order valence-corrected chi connectivity index (χ2v) is 5.93. The second kappa shape index (κ2) is 7.57. The summed E-state index contributed by atoms with van der Waals surface area (Å²) in [7, 11) is 0. The molecule has 4 nitrogen and oxygen atoms in total. The first-order chi connectivity index (χ1) is 10.2. The fourth-order valence-corrected chi connectivity index (χ4v) is 3.18. The number of benzene rings is 1. The van der Waals surface area contributed by atoms with Gasteiger partial charge < -0.3 is 11.1 Å². The Bertz CT molecular complexity index is 475. The van der Waals surface area contributed by atoms with Gasteiger partial charge in [0.25, 0.3) is 0 Å². The van der Waals surface area contributed by atoms with Crippen LogP contribution in [0, 0.1) is 0 Å². The summed E-state index contributed by atoms with van der Waals surface area (Å²) in [6.45, 7) is 6.08. The van der Waals surface area contributed by atoms with E-state index in [0.717, 1.165) is 25.8 Å². The predicted octanol–water partition coefficient (Wildman–Crippen LogP) is 1.85. The van der Waals surface area contributed by atoms with Crippen molar-refractivity contribution in [2.75, 3.05) is 19.6 Å². The molecular weight excluding hydrogens is 262 g/mol. The average molecular weight is 289 g/mol. The van der Waals surface area contributed by atoms with E-state index in [-0.39, 0.29) is 18.0 Å². The van der Waals surface area contributed by atoms with Gasteiger partial charge in [0, 0.05) is 25.2 Å². The molecule has 0 aromatic heterocycles. The summed E-state index contributed by atoms with van der Waals surface area (Å²) in [6.07, 6.45) is 3.10. The van der Waals surface area contributed by atoms with Crippen LogP contribution in [-0.2, 0) is 11.2 Å². The van der Waals surface area contributed by atoms with E-state index in [9.17, 15) is 4.79 Å². The molecule has 1 aliphatic rings. The number of carbonyl (C=O) groups is 1. The molecule has 4 heteroatoms. The minimum Gasteiger partial charge on any atom is -0.353 e. The highest BCUT2D eigenvalue weighted by molar-refractivity contribution is 5.78. The zero-order chi connectivity index (χ0) is 15.2. The monoisotopic (exact) mass is 289 g/mol. The fraction of sp³-hybridized carbons (Fsp3) is 0.588. The van der Waals surface area contributed by atoms with Crippen LogP contribution < -0.4 is 11.1 Å². The van der Waals surface area contributed by atoms with Crippen LogP contribution in [-0.4, -0.2) is 36.5 Å². The molecule has 1 aliphatic heterocycles. The Balaban J connectivity index is 1.99. The minimum atomic E-state index is 0.105. The normalized spacial score (nSPS) is 19.9. The number of rotatable bonds is 6. The molecule has 0 saturated carbocycles. The van der Waals surface area contributed by atoms with Gasteiger partial charge in [0.2, 0.25) is 5.91 Å². The van der Waals surface area contributed by atoms with E-state index in [0.29, 0.717) is 13.1 Å². The Morgan fingerprint density at radius 2 is 2.24 bits per heavy atom. The first-order valence-corrected chi connectivity index (χ1v) is 7.97. The molecule has 0 spiro atoms. The molecular formula is C17H27N3O. The van der Waals surface area contributed by atoms with Gasteiger partial charge in [0.05, 0.1) is 6.54 Å². The maximum absolute atomic E-state index is 12.2. The van der Waals surface area contributed by atoms with Crippen LogP contribution in [0.2, 0.25) is 0 Å². The van der Waals surface area contributed by atoms with Gasteiger partial charge in [-0.25, -0.2) is 0 Å². The van der Waals surface area contributed by atoms with Crippen molar-refractivity contribution in [3.05, 3.63) is 35.4 Å². The van der Waals surface area contributed by atoms with E-state index in [1.807, 2.05) is 6.07 Å². The van der Waals surface area contributed by atoms with Crippen molar-refractivity contribution < 1.29 is 4.79 Å². The molecule has 2 atom stereocenters. The summed E-state index contributed by atoms with van der Waals surface area (Å²) < 4.78 is 0. The van der Waals surface area contributed by atoms with Crippen molar-refractivity contribution in [3.63, 3.8) is 0 Å². The summed E-state index contributed by atoms with van der Waals surface area (Å²) >= 11 is 0. The topological polar surface area (TPSA) is 58.4 Å². The van der Waals surface area contributed by atoms with Gasteiger partial charge in [0.1, 0.15) is 0 Å². The highest BCUT2D eigenvalue weighted by atomic mass is 16.2. The maximum atomic E-state index is 12.2. The lowest BCUT2D eigenvalue weighted by atomic mass is 9.92. The van der Waals surface area contributed by atoms with Crippen LogP contribution in [0.3, 0.4) is 0 Å². The first kappa shape index (κ1) is 16.0. The summed E-state index contributed by atoms with van der Waals surface area (Å²) in [5.41, 5.74) is 8.60. The summed E-state index contributed by atoms with van der Waals surface area (Å²) in [4.78, 5) is 14.4. The second-order valence-electron chi connectivity index (χ2n) is 5.93. The van der Waals surface area contributed by atoms with Gasteiger partial charge in [-0.15, -0.1) is 0 Å². The molecule has 1 amide bonds. The van der Waals surface area contributed by atoms with Gasteiger partial charge in [-0.1, -0.05) is 37.6 Å². The molecule has 2 unspecified atom stereocenters. The van der Waals surface area contributed by atoms with E-state index < -0.39 is 0 Å². The van der Waals surface area contributed by atoms with E-state index in [1.54, 1.807) is 0 Å². The number of nitrogens with one attached hydrogen (secondary N) is 1. The highest BCUT2D eigenvalue weighted by Gasteiger charge is 2.27. The van der Waals surface area contributed by atoms with Crippen molar-refractivity contribution in [1.29, 1.82) is 0 Å². The van der Waals surface area contributed by atoms with Gasteiger partial charge >= 0.3 is 0 Å². The van der Waals surface area contributed by atoms with E-state index in [4.69, 9.17) is 5.73 Å². The lowest BCUT2D eigenvalue weighted by Crippen LogP contribution is -2.46. The third-order valence-electron chi connectivity index (χ3n) is 4.22.